The molecule has 0 amide bonds. The van der Waals surface area contributed by atoms with Gasteiger partial charge >= 0.3 is 0 Å². The standard InChI is InChI=1S/C10H7BrN2O2/c1-15-10-6-3-2-4-7(11)9(6)12-8(5-14)13-10/h2-5H,1H3. The van der Waals surface area contributed by atoms with Gasteiger partial charge in [0.2, 0.25) is 5.88 Å². The van der Waals surface area contributed by atoms with Gasteiger partial charge in [-0.1, -0.05) is 6.07 Å². The molecule has 0 atom stereocenters. The third kappa shape index (κ3) is 1.70. The molecule has 76 valence electrons. The Morgan fingerprint density at radius 2 is 2.20 bits per heavy atom. The first kappa shape index (κ1) is 10.0. The zero-order valence-electron chi connectivity index (χ0n) is 7.90. The molecular formula is C10H7BrN2O2. The van der Waals surface area contributed by atoms with E-state index in [1.165, 1.54) is 7.11 Å². The number of benzene rings is 1. The Balaban J connectivity index is 2.86. The topological polar surface area (TPSA) is 52.1 Å². The summed E-state index contributed by atoms with van der Waals surface area (Å²) in [5.74, 6) is 0.523. The highest BCUT2D eigenvalue weighted by atomic mass is 79.9. The number of hydrogen-bond acceptors (Lipinski definition) is 4. The van der Waals surface area contributed by atoms with Gasteiger partial charge in [0.25, 0.3) is 0 Å². The van der Waals surface area contributed by atoms with E-state index < -0.39 is 0 Å². The summed E-state index contributed by atoms with van der Waals surface area (Å²) < 4.78 is 5.90. The van der Waals surface area contributed by atoms with Crippen molar-refractivity contribution in [3.05, 3.63) is 28.5 Å². The average molecular weight is 267 g/mol. The smallest absolute Gasteiger partial charge is 0.224 e. The third-order valence-corrected chi connectivity index (χ3v) is 2.60. The van der Waals surface area contributed by atoms with Crippen molar-refractivity contribution in [2.45, 2.75) is 0 Å². The van der Waals surface area contributed by atoms with Gasteiger partial charge in [-0.2, -0.15) is 4.98 Å². The van der Waals surface area contributed by atoms with E-state index in [1.807, 2.05) is 18.2 Å². The first-order chi connectivity index (χ1) is 7.26. The maximum absolute atomic E-state index is 10.6. The first-order valence-electron chi connectivity index (χ1n) is 4.21. The summed E-state index contributed by atoms with van der Waals surface area (Å²) in [7, 11) is 1.51. The third-order valence-electron chi connectivity index (χ3n) is 1.96. The molecule has 0 N–H and O–H groups in total. The number of carbonyl (C=O) groups is 1. The highest BCUT2D eigenvalue weighted by molar-refractivity contribution is 9.10. The molecule has 1 heterocycles. The lowest BCUT2D eigenvalue weighted by Gasteiger charge is -2.05. The molecule has 2 aromatic rings. The highest BCUT2D eigenvalue weighted by Gasteiger charge is 2.09. The minimum atomic E-state index is 0.117. The molecule has 2 rings (SSSR count). The SMILES string of the molecule is COc1nc(C=O)nc2c(Br)cccc12. The van der Waals surface area contributed by atoms with E-state index in [4.69, 9.17) is 4.74 Å². The number of nitrogens with zero attached hydrogens (tertiary/aromatic N) is 2. The van der Waals surface area contributed by atoms with Crippen LogP contribution in [0.15, 0.2) is 22.7 Å². The number of aromatic nitrogens is 2. The Bertz CT molecular complexity index is 528. The van der Waals surface area contributed by atoms with Crippen molar-refractivity contribution in [3.8, 4) is 5.88 Å². The van der Waals surface area contributed by atoms with Crippen LogP contribution in [0.5, 0.6) is 5.88 Å². The number of ether oxygens (including phenoxy) is 1. The fourth-order valence-corrected chi connectivity index (χ4v) is 1.77. The van der Waals surface area contributed by atoms with E-state index in [2.05, 4.69) is 25.9 Å². The van der Waals surface area contributed by atoms with Crippen LogP contribution in [0.2, 0.25) is 0 Å². The van der Waals surface area contributed by atoms with E-state index >= 15 is 0 Å². The lowest BCUT2D eigenvalue weighted by atomic mass is 10.2. The van der Waals surface area contributed by atoms with E-state index in [-0.39, 0.29) is 5.82 Å². The fraction of sp³-hybridized carbons (Fsp3) is 0.100. The summed E-state index contributed by atoms with van der Waals surface area (Å²) in [5, 5.41) is 0.775. The molecule has 0 aliphatic rings. The van der Waals surface area contributed by atoms with Crippen LogP contribution in [0.25, 0.3) is 10.9 Å². The van der Waals surface area contributed by atoms with Crippen LogP contribution in [0.3, 0.4) is 0 Å². The summed E-state index contributed by atoms with van der Waals surface area (Å²) in [5.41, 5.74) is 0.673. The zero-order chi connectivity index (χ0) is 10.8. The minimum Gasteiger partial charge on any atom is -0.480 e. The molecule has 0 spiro atoms. The summed E-state index contributed by atoms with van der Waals surface area (Å²) in [6, 6.07) is 5.55. The molecule has 4 nitrogen and oxygen atoms in total. The molecule has 0 unspecified atom stereocenters. The fourth-order valence-electron chi connectivity index (χ4n) is 1.31. The number of rotatable bonds is 2. The second-order valence-electron chi connectivity index (χ2n) is 2.84. The molecule has 0 aliphatic heterocycles. The molecule has 0 saturated heterocycles. The van der Waals surface area contributed by atoms with Crippen LogP contribution in [0, 0.1) is 0 Å². The molecule has 0 fully saturated rings. The Kier molecular flexibility index (Phi) is 2.64. The number of hydrogen-bond donors (Lipinski definition) is 0. The lowest BCUT2D eigenvalue weighted by Crippen LogP contribution is -1.98. The van der Waals surface area contributed by atoms with Crippen LogP contribution in [-0.4, -0.2) is 23.4 Å². The number of halogens is 1. The van der Waals surface area contributed by atoms with E-state index in [0.717, 1.165) is 9.86 Å². The number of fused-ring (bicyclic) bond motifs is 1. The Hall–Kier alpha value is -1.49. The zero-order valence-corrected chi connectivity index (χ0v) is 9.48. The van der Waals surface area contributed by atoms with Crippen LogP contribution in [-0.2, 0) is 0 Å². The van der Waals surface area contributed by atoms with Crippen LogP contribution in [0.1, 0.15) is 10.6 Å². The predicted octanol–water partition coefficient (Wildman–Crippen LogP) is 2.21. The summed E-state index contributed by atoms with van der Waals surface area (Å²) in [6.45, 7) is 0. The van der Waals surface area contributed by atoms with Crippen molar-refractivity contribution in [3.63, 3.8) is 0 Å². The van der Waals surface area contributed by atoms with Crippen molar-refractivity contribution in [2.75, 3.05) is 7.11 Å². The average Bonchev–Trinajstić information content (AvgIpc) is 2.28. The number of aldehydes is 1. The second kappa shape index (κ2) is 3.94. The van der Waals surface area contributed by atoms with Crippen molar-refractivity contribution in [1.82, 2.24) is 9.97 Å². The van der Waals surface area contributed by atoms with Gasteiger partial charge in [-0.05, 0) is 28.1 Å². The summed E-state index contributed by atoms with van der Waals surface area (Å²) in [6.07, 6.45) is 0.599. The molecular weight excluding hydrogens is 260 g/mol. The van der Waals surface area contributed by atoms with Gasteiger partial charge in [-0.25, -0.2) is 4.98 Å². The van der Waals surface area contributed by atoms with Crippen molar-refractivity contribution in [1.29, 1.82) is 0 Å². The summed E-state index contributed by atoms with van der Waals surface area (Å²) >= 11 is 3.36. The largest absolute Gasteiger partial charge is 0.480 e. The second-order valence-corrected chi connectivity index (χ2v) is 3.70. The number of para-hydroxylation sites is 1. The van der Waals surface area contributed by atoms with Gasteiger partial charge in [0, 0.05) is 4.47 Å². The molecule has 0 radical (unpaired) electrons. The van der Waals surface area contributed by atoms with Crippen molar-refractivity contribution in [2.24, 2.45) is 0 Å². The van der Waals surface area contributed by atoms with Crippen molar-refractivity contribution >= 4 is 33.1 Å². The van der Waals surface area contributed by atoms with E-state index in [0.29, 0.717) is 17.7 Å². The maximum atomic E-state index is 10.6. The van der Waals surface area contributed by atoms with Gasteiger partial charge in [-0.3, -0.25) is 4.79 Å². The molecule has 5 heteroatoms. The van der Waals surface area contributed by atoms with Crippen LogP contribution >= 0.6 is 15.9 Å². The highest BCUT2D eigenvalue weighted by Crippen LogP contribution is 2.27. The van der Waals surface area contributed by atoms with Gasteiger partial charge in [0.15, 0.2) is 12.1 Å². The summed E-state index contributed by atoms with van der Waals surface area (Å²) in [4.78, 5) is 18.7. The maximum Gasteiger partial charge on any atom is 0.224 e. The van der Waals surface area contributed by atoms with E-state index in [1.54, 1.807) is 0 Å². The monoisotopic (exact) mass is 266 g/mol. The van der Waals surface area contributed by atoms with Crippen LogP contribution < -0.4 is 4.74 Å². The van der Waals surface area contributed by atoms with Crippen LogP contribution in [0.4, 0.5) is 0 Å². The number of methoxy groups -OCH3 is 1. The van der Waals surface area contributed by atoms with Gasteiger partial charge in [-0.15, -0.1) is 0 Å². The quantitative estimate of drug-likeness (QED) is 0.783. The Labute approximate surface area is 94.4 Å². The molecule has 1 aromatic carbocycles. The predicted molar refractivity (Wildman–Crippen MR) is 59.2 cm³/mol. The number of carbonyl (C=O) groups excluding carboxylic acids is 1. The Morgan fingerprint density at radius 1 is 1.40 bits per heavy atom. The molecule has 15 heavy (non-hydrogen) atoms. The molecule has 0 bridgehead atoms. The van der Waals surface area contributed by atoms with Gasteiger partial charge in [0.1, 0.15) is 0 Å². The van der Waals surface area contributed by atoms with Crippen molar-refractivity contribution < 1.29 is 9.53 Å². The van der Waals surface area contributed by atoms with Gasteiger partial charge in [0.05, 0.1) is 18.0 Å². The van der Waals surface area contributed by atoms with Gasteiger partial charge < -0.3 is 4.74 Å². The van der Waals surface area contributed by atoms with E-state index in [9.17, 15) is 4.79 Å². The molecule has 1 aromatic heterocycles. The lowest BCUT2D eigenvalue weighted by molar-refractivity contribution is 0.111. The Morgan fingerprint density at radius 3 is 2.87 bits per heavy atom. The first-order valence-corrected chi connectivity index (χ1v) is 5.01. The normalized spacial score (nSPS) is 10.3. The molecule has 0 saturated carbocycles. The molecule has 0 aliphatic carbocycles. The minimum absolute atomic E-state index is 0.117.